The van der Waals surface area contributed by atoms with Crippen LogP contribution in [0.5, 0.6) is 0 Å². The molecule has 0 heterocycles. The number of nitrogens with one attached hydrogen (secondary N) is 3. The number of rotatable bonds is 8. The summed E-state index contributed by atoms with van der Waals surface area (Å²) in [5.41, 5.74) is 3.02. The first-order valence-electron chi connectivity index (χ1n) is 9.91. The average molecular weight is 380 g/mol. The maximum Gasteiger partial charge on any atom is 0.196 e. The van der Waals surface area contributed by atoms with Crippen LogP contribution < -0.4 is 16.0 Å². The lowest BCUT2D eigenvalue weighted by Gasteiger charge is -2.31. The Labute approximate surface area is 166 Å². The maximum atomic E-state index is 13.3. The van der Waals surface area contributed by atoms with Gasteiger partial charge < -0.3 is 16.0 Å². The Morgan fingerprint density at radius 1 is 0.857 bits per heavy atom. The van der Waals surface area contributed by atoms with Gasteiger partial charge in [0.15, 0.2) is 11.6 Å². The van der Waals surface area contributed by atoms with Crippen molar-refractivity contribution in [3.05, 3.63) is 58.7 Å². The molecule has 1 aliphatic rings. The molecule has 0 unspecified atom stereocenters. The SMILES string of the molecule is CCCNCCC(C)(C)Nc1ccc(NC)c2c1C(=O)c1ccccc1C2=O. The molecule has 5 nitrogen and oxygen atoms in total. The zero-order valence-corrected chi connectivity index (χ0v) is 17.1. The fourth-order valence-electron chi connectivity index (χ4n) is 3.67. The van der Waals surface area contributed by atoms with Crippen molar-refractivity contribution in [2.75, 3.05) is 30.8 Å². The first kappa shape index (κ1) is 20.1. The van der Waals surface area contributed by atoms with Crippen molar-refractivity contribution in [2.24, 2.45) is 0 Å². The number of carbonyl (C=O) groups is 2. The molecule has 5 heteroatoms. The number of hydrogen-bond acceptors (Lipinski definition) is 5. The van der Waals surface area contributed by atoms with Gasteiger partial charge in [-0.15, -0.1) is 0 Å². The molecule has 2 aromatic rings. The van der Waals surface area contributed by atoms with Gasteiger partial charge in [0.25, 0.3) is 0 Å². The summed E-state index contributed by atoms with van der Waals surface area (Å²) < 4.78 is 0. The molecule has 0 saturated heterocycles. The van der Waals surface area contributed by atoms with Crippen molar-refractivity contribution in [3.8, 4) is 0 Å². The number of carbonyl (C=O) groups excluding carboxylic acids is 2. The first-order valence-corrected chi connectivity index (χ1v) is 9.91. The van der Waals surface area contributed by atoms with Gasteiger partial charge in [0.1, 0.15) is 0 Å². The number of ketones is 2. The Morgan fingerprint density at radius 2 is 1.43 bits per heavy atom. The molecule has 3 rings (SSSR count). The molecule has 0 saturated carbocycles. The quantitative estimate of drug-likeness (QED) is 0.515. The molecule has 0 atom stereocenters. The van der Waals surface area contributed by atoms with E-state index < -0.39 is 0 Å². The van der Waals surface area contributed by atoms with Gasteiger partial charge in [0.2, 0.25) is 0 Å². The first-order chi connectivity index (χ1) is 13.4. The van der Waals surface area contributed by atoms with Crippen LogP contribution in [-0.4, -0.2) is 37.2 Å². The third-order valence-corrected chi connectivity index (χ3v) is 5.17. The van der Waals surface area contributed by atoms with Crippen LogP contribution in [0.25, 0.3) is 0 Å². The van der Waals surface area contributed by atoms with Gasteiger partial charge in [-0.1, -0.05) is 31.2 Å². The Morgan fingerprint density at radius 3 is 2.00 bits per heavy atom. The Bertz CT molecular complexity index is 903. The number of fused-ring (bicyclic) bond motifs is 2. The molecule has 0 fully saturated rings. The largest absolute Gasteiger partial charge is 0.388 e. The number of hydrogen-bond donors (Lipinski definition) is 3. The van der Waals surface area contributed by atoms with Crippen LogP contribution in [-0.2, 0) is 0 Å². The third-order valence-electron chi connectivity index (χ3n) is 5.17. The fraction of sp³-hybridized carbons (Fsp3) is 0.391. The van der Waals surface area contributed by atoms with E-state index in [9.17, 15) is 9.59 Å². The normalized spacial score (nSPS) is 13.1. The predicted molar refractivity (Wildman–Crippen MR) is 115 cm³/mol. The molecule has 2 aromatic carbocycles. The summed E-state index contributed by atoms with van der Waals surface area (Å²) in [5.74, 6) is -0.217. The summed E-state index contributed by atoms with van der Waals surface area (Å²) in [4.78, 5) is 26.5. The molecular weight excluding hydrogens is 350 g/mol. The molecule has 0 bridgehead atoms. The van der Waals surface area contributed by atoms with Gasteiger partial charge in [0, 0.05) is 35.1 Å². The van der Waals surface area contributed by atoms with Gasteiger partial charge in [-0.25, -0.2) is 0 Å². The van der Waals surface area contributed by atoms with Crippen molar-refractivity contribution >= 4 is 22.9 Å². The molecule has 0 radical (unpaired) electrons. The van der Waals surface area contributed by atoms with Crippen molar-refractivity contribution in [1.82, 2.24) is 5.32 Å². The molecule has 1 aliphatic carbocycles. The summed E-state index contributed by atoms with van der Waals surface area (Å²) in [6, 6.07) is 10.8. The zero-order valence-electron chi connectivity index (χ0n) is 17.1. The lowest BCUT2D eigenvalue weighted by Crippen LogP contribution is -2.36. The molecule has 148 valence electrons. The van der Waals surface area contributed by atoms with E-state index >= 15 is 0 Å². The molecule has 0 spiro atoms. The van der Waals surface area contributed by atoms with Crippen LogP contribution in [0.15, 0.2) is 36.4 Å². The van der Waals surface area contributed by atoms with Gasteiger partial charge >= 0.3 is 0 Å². The maximum absolute atomic E-state index is 13.3. The highest BCUT2D eigenvalue weighted by atomic mass is 16.1. The van der Waals surface area contributed by atoms with E-state index in [1.54, 1.807) is 31.3 Å². The monoisotopic (exact) mass is 379 g/mol. The van der Waals surface area contributed by atoms with Crippen molar-refractivity contribution in [1.29, 1.82) is 0 Å². The minimum absolute atomic E-state index is 0.107. The summed E-state index contributed by atoms with van der Waals surface area (Å²) >= 11 is 0. The Hall–Kier alpha value is -2.66. The molecular formula is C23H29N3O2. The van der Waals surface area contributed by atoms with Crippen LogP contribution in [0.3, 0.4) is 0 Å². The van der Waals surface area contributed by atoms with Gasteiger partial charge in [0.05, 0.1) is 11.1 Å². The van der Waals surface area contributed by atoms with E-state index in [-0.39, 0.29) is 17.1 Å². The highest BCUT2D eigenvalue weighted by Gasteiger charge is 2.34. The highest BCUT2D eigenvalue weighted by Crippen LogP contribution is 2.37. The summed E-state index contributed by atoms with van der Waals surface area (Å²) in [6.07, 6.45) is 2.00. The Balaban J connectivity index is 1.99. The van der Waals surface area contributed by atoms with E-state index in [1.165, 1.54) is 0 Å². The van der Waals surface area contributed by atoms with E-state index in [2.05, 4.69) is 36.7 Å². The third kappa shape index (κ3) is 3.80. The lowest BCUT2D eigenvalue weighted by atomic mass is 9.82. The topological polar surface area (TPSA) is 70.2 Å². The van der Waals surface area contributed by atoms with E-state index in [1.807, 2.05) is 12.1 Å². The van der Waals surface area contributed by atoms with Gasteiger partial charge in [-0.2, -0.15) is 0 Å². The highest BCUT2D eigenvalue weighted by molar-refractivity contribution is 6.31. The van der Waals surface area contributed by atoms with Crippen LogP contribution in [0.1, 0.15) is 65.5 Å². The molecule has 3 N–H and O–H groups in total. The fourth-order valence-corrected chi connectivity index (χ4v) is 3.67. The second kappa shape index (κ2) is 8.15. The van der Waals surface area contributed by atoms with Gasteiger partial charge in [-0.05, 0) is 51.9 Å². The molecule has 28 heavy (non-hydrogen) atoms. The summed E-state index contributed by atoms with van der Waals surface area (Å²) in [6.45, 7) is 8.25. The van der Waals surface area contributed by atoms with Crippen LogP contribution in [0.2, 0.25) is 0 Å². The smallest absolute Gasteiger partial charge is 0.196 e. The molecule has 0 aliphatic heterocycles. The minimum Gasteiger partial charge on any atom is -0.388 e. The predicted octanol–water partition coefficient (Wildman–Crippen LogP) is 4.08. The minimum atomic E-state index is -0.226. The van der Waals surface area contributed by atoms with Gasteiger partial charge in [-0.3, -0.25) is 9.59 Å². The van der Waals surface area contributed by atoms with Crippen LogP contribution in [0.4, 0.5) is 11.4 Å². The van der Waals surface area contributed by atoms with Crippen molar-refractivity contribution in [2.45, 2.75) is 39.2 Å². The molecule has 0 amide bonds. The number of anilines is 2. The van der Waals surface area contributed by atoms with Crippen LogP contribution in [0, 0.1) is 0 Å². The summed E-state index contributed by atoms with van der Waals surface area (Å²) in [7, 11) is 1.77. The summed E-state index contributed by atoms with van der Waals surface area (Å²) in [5, 5.41) is 10.00. The lowest BCUT2D eigenvalue weighted by molar-refractivity contribution is 0.0980. The average Bonchev–Trinajstić information content (AvgIpc) is 2.69. The zero-order chi connectivity index (χ0) is 20.3. The van der Waals surface area contributed by atoms with Crippen LogP contribution >= 0.6 is 0 Å². The van der Waals surface area contributed by atoms with E-state index in [0.29, 0.717) is 33.6 Å². The molecule has 0 aromatic heterocycles. The standard InChI is InChI=1S/C23H29N3O2/c1-5-13-25-14-12-23(2,3)26-18-11-10-17(24-4)19-20(18)22(28)16-9-7-6-8-15(16)21(19)27/h6-11,24-26H,5,12-14H2,1-4H3. The van der Waals surface area contributed by atoms with Crippen molar-refractivity contribution < 1.29 is 9.59 Å². The van der Waals surface area contributed by atoms with Crippen molar-refractivity contribution in [3.63, 3.8) is 0 Å². The Kier molecular flexibility index (Phi) is 5.84. The van der Waals surface area contributed by atoms with E-state index in [4.69, 9.17) is 0 Å². The second-order valence-corrected chi connectivity index (χ2v) is 7.87. The number of benzene rings is 2. The second-order valence-electron chi connectivity index (χ2n) is 7.87. The van der Waals surface area contributed by atoms with E-state index in [0.717, 1.165) is 25.9 Å².